The van der Waals surface area contributed by atoms with Crippen molar-refractivity contribution >= 4 is 80.3 Å². The van der Waals surface area contributed by atoms with Crippen LogP contribution in [-0.4, -0.2) is 155 Å². The number of fused-ring (bicyclic) bond motifs is 2. The molecule has 4 bridgehead atoms. The van der Waals surface area contributed by atoms with Crippen LogP contribution >= 0.6 is 11.6 Å². The first-order valence-corrected chi connectivity index (χ1v) is 36.9. The molecule has 109 heavy (non-hydrogen) atoms. The second-order valence-corrected chi connectivity index (χ2v) is 32.1. The minimum absolute atomic E-state index is 0.0814. The number of nitrogens with zero attached hydrogens (tertiary/aromatic N) is 18. The van der Waals surface area contributed by atoms with E-state index in [4.69, 9.17) is 30.9 Å². The smallest absolute Gasteiger partial charge is 0.418 e. The fraction of sp³-hybridized carbons (Fsp3) is 0.487. The summed E-state index contributed by atoms with van der Waals surface area (Å²) in [5.41, 5.74) is 4.59. The van der Waals surface area contributed by atoms with Gasteiger partial charge in [-0.05, 0) is 177 Å². The highest BCUT2D eigenvalue weighted by atomic mass is 35.5. The number of aryl methyl sites for hydroxylation is 2. The molecule has 2 aliphatic heterocycles. The van der Waals surface area contributed by atoms with Gasteiger partial charge in [-0.2, -0.15) is 29.8 Å². The fourth-order valence-electron chi connectivity index (χ4n) is 15.2. The Balaban J connectivity index is 0.000000182. The molecule has 6 aromatic heterocycles. The summed E-state index contributed by atoms with van der Waals surface area (Å²) in [5, 5.41) is 75.0. The highest BCUT2D eigenvalue weighted by molar-refractivity contribution is 6.17. The average Bonchev–Trinajstić information content (AvgIpc) is 1.59. The zero-order valence-corrected chi connectivity index (χ0v) is 63.4. The number of likely N-dealkylation sites (tertiary alicyclic amines) is 2. The van der Waals surface area contributed by atoms with Gasteiger partial charge in [-0.25, -0.2) is 28.9 Å². The topological polar surface area (TPSA) is 361 Å². The number of carboxylic acid groups (broad SMARTS) is 1. The molecule has 16 rings (SSSR count). The molecule has 6 aliphatic carbocycles. The average molecular weight is 1510 g/mol. The lowest BCUT2D eigenvalue weighted by Gasteiger charge is -2.61. The molecule has 8 aliphatic rings. The van der Waals surface area contributed by atoms with Gasteiger partial charge in [-0.15, -0.1) is 10.2 Å². The number of carbonyl (C=O) groups excluding carboxylic acids is 3. The Morgan fingerprint density at radius 1 is 0.606 bits per heavy atom. The van der Waals surface area contributed by atoms with Gasteiger partial charge in [0.25, 0.3) is 0 Å². The first-order chi connectivity index (χ1) is 51.9. The number of benzene rings is 2. The molecule has 31 heteroatoms. The summed E-state index contributed by atoms with van der Waals surface area (Å²) in [7, 11) is 4.02. The van der Waals surface area contributed by atoms with Crippen LogP contribution in [-0.2, 0) is 34.9 Å². The highest BCUT2D eigenvalue weighted by Crippen LogP contribution is 2.63. The van der Waals surface area contributed by atoms with Gasteiger partial charge in [0.15, 0.2) is 6.07 Å². The molecule has 0 unspecified atom stereocenters. The molecule has 568 valence electrons. The first kappa shape index (κ1) is 77.6. The van der Waals surface area contributed by atoms with Gasteiger partial charge in [-0.1, -0.05) is 75.7 Å². The maximum Gasteiger partial charge on any atom is 0.418 e. The zero-order chi connectivity index (χ0) is 78.0. The number of ether oxygens (including phenoxy) is 3. The van der Waals surface area contributed by atoms with Crippen molar-refractivity contribution in [3.05, 3.63) is 141 Å². The Bertz CT molecular complexity index is 4960. The van der Waals surface area contributed by atoms with Crippen molar-refractivity contribution < 1.29 is 47.3 Å². The molecule has 3 N–H and O–H groups in total. The van der Waals surface area contributed by atoms with E-state index < -0.39 is 61.0 Å². The molecule has 8 aromatic rings. The summed E-state index contributed by atoms with van der Waals surface area (Å²) in [6, 6.07) is 18.1. The van der Waals surface area contributed by atoms with Crippen LogP contribution in [0.5, 0.6) is 0 Å². The fourth-order valence-corrected chi connectivity index (χ4v) is 15.3. The molecule has 2 aromatic carbocycles. The largest absolute Gasteiger partial charge is 0.481 e. The molecule has 2 amide bonds. The Morgan fingerprint density at radius 3 is 1.35 bits per heavy atom. The Kier molecular flexibility index (Phi) is 22.5. The van der Waals surface area contributed by atoms with E-state index in [2.05, 4.69) is 106 Å². The van der Waals surface area contributed by atoms with Crippen LogP contribution < -0.4 is 20.4 Å². The third-order valence-electron chi connectivity index (χ3n) is 21.5. The monoisotopic (exact) mass is 1500 g/mol. The molecule has 28 nitrogen and oxygen atoms in total. The van der Waals surface area contributed by atoms with E-state index in [9.17, 15) is 49.0 Å². The maximum atomic E-state index is 14.6. The third-order valence-corrected chi connectivity index (χ3v) is 21.6. The summed E-state index contributed by atoms with van der Waals surface area (Å²) in [6.07, 6.45) is 13.6. The van der Waals surface area contributed by atoms with Crippen molar-refractivity contribution in [2.75, 3.05) is 86.7 Å². The van der Waals surface area contributed by atoms with Crippen molar-refractivity contribution in [1.82, 2.24) is 59.7 Å². The van der Waals surface area contributed by atoms with Crippen molar-refractivity contribution in [1.29, 1.82) is 21.0 Å². The van der Waals surface area contributed by atoms with Gasteiger partial charge in [0.05, 0.1) is 91.3 Å². The number of alkyl halides is 1. The molecule has 2 atom stereocenters. The normalized spacial score (nSPS) is 20.0. The quantitative estimate of drug-likeness (QED) is 0.0293. The van der Waals surface area contributed by atoms with Crippen LogP contribution in [0.15, 0.2) is 73.3 Å². The number of esters is 1. The Morgan fingerprint density at radius 2 is 1.00 bits per heavy atom. The number of rotatable bonds is 19. The van der Waals surface area contributed by atoms with E-state index >= 15 is 0 Å². The number of nitrogens with one attached hydrogen (secondary N) is 2. The minimum Gasteiger partial charge on any atom is -0.481 e. The number of hydrogen-bond acceptors (Lipinski definition) is 23. The molecular formula is C78H87ClF2N20O8. The Hall–Kier alpha value is -11.1. The molecule has 8 fully saturated rings. The number of carbonyl (C=O) groups is 4. The number of anilines is 4. The molecule has 6 saturated carbocycles. The van der Waals surface area contributed by atoms with Crippen LogP contribution in [0.3, 0.4) is 0 Å². The van der Waals surface area contributed by atoms with Crippen LogP contribution in [0, 0.1) is 106 Å². The van der Waals surface area contributed by atoms with Gasteiger partial charge in [0.1, 0.15) is 47.7 Å². The first-order valence-electron chi connectivity index (χ1n) is 36.3. The summed E-state index contributed by atoms with van der Waals surface area (Å²) < 4.78 is 49.0. The van der Waals surface area contributed by atoms with E-state index in [0.29, 0.717) is 99.2 Å². The lowest BCUT2D eigenvalue weighted by Crippen LogP contribution is -2.59. The number of carboxylic acids is 1. The highest BCUT2D eigenvalue weighted by Gasteiger charge is 2.60. The zero-order valence-electron chi connectivity index (χ0n) is 62.6. The Labute approximate surface area is 634 Å². The third kappa shape index (κ3) is 16.5. The molecule has 0 spiro atoms. The van der Waals surface area contributed by atoms with E-state index in [-0.39, 0.29) is 73.1 Å². The lowest BCUT2D eigenvalue weighted by atomic mass is 9.50. The number of aromatic nitrogens is 10. The van der Waals surface area contributed by atoms with Crippen molar-refractivity contribution in [2.45, 2.75) is 143 Å². The van der Waals surface area contributed by atoms with Crippen molar-refractivity contribution in [2.24, 2.45) is 34.5 Å². The molecule has 8 heterocycles. The number of hydrogen-bond donors (Lipinski definition) is 3. The van der Waals surface area contributed by atoms with Crippen LogP contribution in [0.1, 0.15) is 174 Å². The van der Waals surface area contributed by atoms with E-state index in [1.807, 2.05) is 50.4 Å². The standard InChI is InChI=1S/C39H43FN10O4.C32H31ClFN9O2.C7H13NO2/c1-23-29(6-7-32(40)45-23)35(31-20-49(47-46-31)39-14-24(15-39)16-39)50(37(52)54-22-53-36(51)25-8-10-48(5)11-9-25)28-12-26(17-41)33-30(13-28)34(27(18-42)19-43-33)44-21-38(2,3)4;1-18-23(5-6-26(34)39-18)29(25-15-42(41-40-25)32-9-19(10-32)11-32)43(30(44)45-17-33)22-7-20(12-35)27-24(8-22)28(21(13-36)14-37-27)38-16-31(2,3)4;1-8-4-2-6(3-5-8)7(9)10/h6-7,12-13,19-20,24-25,35H,8-11,14-16,21-22H2,1-5H3,(H,43,44);5-8,14-15,19,29H,9-11,16-17H2,1-4H3,(H,37,38);6H,2-5H2,1H3,(H,9,10)/t24?,35-,39?;19?,29-,32?;/m00./s1. The van der Waals surface area contributed by atoms with Gasteiger partial charge in [0, 0.05) is 58.8 Å². The maximum absolute atomic E-state index is 14.6. The van der Waals surface area contributed by atoms with Gasteiger partial charge in [-0.3, -0.25) is 29.4 Å². The lowest BCUT2D eigenvalue weighted by molar-refractivity contribution is -0.158. The summed E-state index contributed by atoms with van der Waals surface area (Å²) in [5.74, 6) is -1.51. The van der Waals surface area contributed by atoms with Crippen molar-refractivity contribution in [3.63, 3.8) is 0 Å². The van der Waals surface area contributed by atoms with E-state index in [0.717, 1.165) is 77.5 Å². The van der Waals surface area contributed by atoms with Crippen LogP contribution in [0.2, 0.25) is 0 Å². The predicted molar refractivity (Wildman–Crippen MR) is 398 cm³/mol. The van der Waals surface area contributed by atoms with Gasteiger partial charge >= 0.3 is 24.1 Å². The second-order valence-electron chi connectivity index (χ2n) is 31.9. The van der Waals surface area contributed by atoms with Gasteiger partial charge in [0.2, 0.25) is 18.7 Å². The second kappa shape index (κ2) is 31.6. The predicted octanol–water partition coefficient (Wildman–Crippen LogP) is 12.7. The number of aliphatic carboxylic acids is 1. The number of pyridine rings is 4. The number of halogens is 3. The van der Waals surface area contributed by atoms with E-state index in [1.54, 1.807) is 38.2 Å². The summed E-state index contributed by atoms with van der Waals surface area (Å²) in [6.45, 7) is 19.2. The number of piperidine rings is 2. The van der Waals surface area contributed by atoms with E-state index in [1.165, 1.54) is 52.5 Å². The molecule has 2 saturated heterocycles. The molecule has 0 radical (unpaired) electrons. The number of nitriles is 4. The summed E-state index contributed by atoms with van der Waals surface area (Å²) in [4.78, 5) is 75.8. The van der Waals surface area contributed by atoms with Gasteiger partial charge < -0.3 is 39.8 Å². The van der Waals surface area contributed by atoms with Crippen LogP contribution in [0.25, 0.3) is 21.8 Å². The molecular weight excluding hydrogens is 1420 g/mol. The minimum atomic E-state index is -1.08. The summed E-state index contributed by atoms with van der Waals surface area (Å²) >= 11 is 5.90. The van der Waals surface area contributed by atoms with Crippen molar-refractivity contribution in [3.8, 4) is 24.3 Å². The number of amides is 2. The SMILES string of the molecule is CN1CCC(C(=O)O)CC1.Cc1nc(F)ccc1[C@@H](c1cn(C23CC(C2)C3)nn1)N(C(=O)OCCl)c1cc(C#N)c2ncc(C#N)c(NCC(C)(C)C)c2c1.Cc1nc(F)ccc1[C@@H](c1cn(C23CC(C2)C3)nn1)N(C(=O)OCOC(=O)C1CCN(C)CC1)c1cc(C#N)c2ncc(C#N)c(NCC(C)(C)C)c2c1. The van der Waals surface area contributed by atoms with Crippen LogP contribution in [0.4, 0.5) is 41.1 Å².